The van der Waals surface area contributed by atoms with Crippen molar-refractivity contribution in [1.82, 2.24) is 5.32 Å². The number of hydrogen-bond acceptors (Lipinski definition) is 4. The van der Waals surface area contributed by atoms with E-state index in [-0.39, 0.29) is 23.3 Å². The van der Waals surface area contributed by atoms with Crippen molar-refractivity contribution in [3.63, 3.8) is 0 Å². The molecule has 1 fully saturated rings. The van der Waals surface area contributed by atoms with Crippen molar-refractivity contribution in [1.29, 1.82) is 0 Å². The van der Waals surface area contributed by atoms with Gasteiger partial charge in [-0.05, 0) is 43.0 Å². The van der Waals surface area contributed by atoms with Gasteiger partial charge in [0, 0.05) is 12.1 Å². The summed E-state index contributed by atoms with van der Waals surface area (Å²) in [6.07, 6.45) is 1.43. The molecular formula is C14H20N2O3S. The van der Waals surface area contributed by atoms with Crippen molar-refractivity contribution < 1.29 is 13.2 Å². The third-order valence-corrected chi connectivity index (χ3v) is 5.36. The Kier molecular flexibility index (Phi) is 4.77. The molecule has 0 saturated carbocycles. The van der Waals surface area contributed by atoms with Crippen LogP contribution in [0, 0.1) is 5.92 Å². The average molecular weight is 296 g/mol. The van der Waals surface area contributed by atoms with Crippen LogP contribution in [0.25, 0.3) is 0 Å². The lowest BCUT2D eigenvalue weighted by Gasteiger charge is -2.10. The Morgan fingerprint density at radius 1 is 1.30 bits per heavy atom. The topological polar surface area (TPSA) is 89.3 Å². The molecule has 3 N–H and O–H groups in total. The molecular weight excluding hydrogens is 276 g/mol. The average Bonchev–Trinajstić information content (AvgIpc) is 2.77. The zero-order chi connectivity index (χ0) is 14.6. The molecule has 1 unspecified atom stereocenters. The fraction of sp³-hybridized carbons (Fsp3) is 0.500. The molecule has 1 amide bonds. The predicted octanol–water partition coefficient (Wildman–Crippen LogP) is 0.352. The monoisotopic (exact) mass is 296 g/mol. The van der Waals surface area contributed by atoms with Crippen molar-refractivity contribution in [3.8, 4) is 0 Å². The van der Waals surface area contributed by atoms with E-state index >= 15 is 0 Å². The molecule has 1 aliphatic heterocycles. The van der Waals surface area contributed by atoms with Gasteiger partial charge in [0.25, 0.3) is 5.91 Å². The van der Waals surface area contributed by atoms with Gasteiger partial charge in [-0.25, -0.2) is 8.42 Å². The third kappa shape index (κ3) is 4.05. The Hall–Kier alpha value is -1.40. The third-order valence-electron chi connectivity index (χ3n) is 3.53. The van der Waals surface area contributed by atoms with E-state index in [0.29, 0.717) is 25.1 Å². The lowest BCUT2D eigenvalue weighted by Crippen LogP contribution is -2.29. The smallest absolute Gasteiger partial charge is 0.251 e. The number of nitrogens with one attached hydrogen (secondary N) is 1. The van der Waals surface area contributed by atoms with Crippen molar-refractivity contribution in [2.75, 3.05) is 24.6 Å². The summed E-state index contributed by atoms with van der Waals surface area (Å²) in [5.74, 6) is 0.304. The van der Waals surface area contributed by atoms with Gasteiger partial charge in [0.15, 0.2) is 9.84 Å². The van der Waals surface area contributed by atoms with Gasteiger partial charge in [0.1, 0.15) is 0 Å². The second-order valence-electron chi connectivity index (χ2n) is 5.21. The number of carbonyl (C=O) groups excluding carboxylic acids is 1. The molecule has 1 aromatic rings. The van der Waals surface area contributed by atoms with Crippen LogP contribution in [0.1, 0.15) is 22.3 Å². The van der Waals surface area contributed by atoms with Gasteiger partial charge in [-0.3, -0.25) is 4.79 Å². The van der Waals surface area contributed by atoms with E-state index in [4.69, 9.17) is 5.73 Å². The Bertz CT molecular complexity index is 567. The molecule has 5 nitrogen and oxygen atoms in total. The standard InChI is InChI=1S/C14H20N2O3S/c15-7-5-11-1-3-13(4-2-11)14(17)16-9-12-6-8-20(18,19)10-12/h1-4,12H,5-10,15H2,(H,16,17). The quantitative estimate of drug-likeness (QED) is 0.820. The van der Waals surface area contributed by atoms with Crippen LogP contribution >= 0.6 is 0 Å². The van der Waals surface area contributed by atoms with E-state index in [9.17, 15) is 13.2 Å². The highest BCUT2D eigenvalue weighted by molar-refractivity contribution is 7.91. The van der Waals surface area contributed by atoms with Gasteiger partial charge in [-0.2, -0.15) is 0 Å². The molecule has 6 heteroatoms. The first-order valence-electron chi connectivity index (χ1n) is 6.78. The fourth-order valence-corrected chi connectivity index (χ4v) is 4.22. The van der Waals surface area contributed by atoms with Crippen LogP contribution in [0.3, 0.4) is 0 Å². The maximum absolute atomic E-state index is 11.9. The van der Waals surface area contributed by atoms with Crippen molar-refractivity contribution >= 4 is 15.7 Å². The zero-order valence-electron chi connectivity index (χ0n) is 11.3. The molecule has 20 heavy (non-hydrogen) atoms. The Morgan fingerprint density at radius 2 is 2.00 bits per heavy atom. The molecule has 0 spiro atoms. The molecule has 1 heterocycles. The minimum absolute atomic E-state index is 0.0421. The number of nitrogens with two attached hydrogens (primary N) is 1. The van der Waals surface area contributed by atoms with E-state index in [0.717, 1.165) is 12.0 Å². The lowest BCUT2D eigenvalue weighted by molar-refractivity contribution is 0.0948. The summed E-state index contributed by atoms with van der Waals surface area (Å²) < 4.78 is 22.7. The van der Waals surface area contributed by atoms with Crippen LogP contribution in [-0.2, 0) is 16.3 Å². The summed E-state index contributed by atoms with van der Waals surface area (Å²) in [6.45, 7) is 1.00. The molecule has 0 aromatic heterocycles. The van der Waals surface area contributed by atoms with Crippen molar-refractivity contribution in [3.05, 3.63) is 35.4 Å². The van der Waals surface area contributed by atoms with Gasteiger partial charge >= 0.3 is 0 Å². The van der Waals surface area contributed by atoms with E-state index in [1.54, 1.807) is 12.1 Å². The summed E-state index contributed by atoms with van der Waals surface area (Å²) in [4.78, 5) is 11.9. The summed E-state index contributed by atoms with van der Waals surface area (Å²) in [7, 11) is -2.88. The second-order valence-corrected chi connectivity index (χ2v) is 7.44. The van der Waals surface area contributed by atoms with Gasteiger partial charge in [0.05, 0.1) is 11.5 Å². The number of hydrogen-bond donors (Lipinski definition) is 2. The Balaban J connectivity index is 1.86. The number of rotatable bonds is 5. The zero-order valence-corrected chi connectivity index (χ0v) is 12.2. The molecule has 0 radical (unpaired) electrons. The molecule has 1 atom stereocenters. The number of amides is 1. The number of sulfone groups is 1. The molecule has 0 bridgehead atoms. The van der Waals surface area contributed by atoms with Crippen LogP contribution < -0.4 is 11.1 Å². The van der Waals surface area contributed by atoms with Crippen LogP contribution in [0.4, 0.5) is 0 Å². The maximum atomic E-state index is 11.9. The van der Waals surface area contributed by atoms with E-state index in [2.05, 4.69) is 5.32 Å². The van der Waals surface area contributed by atoms with E-state index in [1.807, 2.05) is 12.1 Å². The minimum atomic E-state index is -2.88. The normalized spacial score (nSPS) is 20.8. The highest BCUT2D eigenvalue weighted by Crippen LogP contribution is 2.17. The summed E-state index contributed by atoms with van der Waals surface area (Å²) in [5, 5.41) is 2.80. The number of carbonyl (C=O) groups is 1. The molecule has 2 rings (SSSR count). The first kappa shape index (κ1) is 15.0. The maximum Gasteiger partial charge on any atom is 0.251 e. The van der Waals surface area contributed by atoms with Crippen molar-refractivity contribution in [2.45, 2.75) is 12.8 Å². The Morgan fingerprint density at radius 3 is 2.55 bits per heavy atom. The second kappa shape index (κ2) is 6.37. The summed E-state index contributed by atoms with van der Waals surface area (Å²) in [6, 6.07) is 7.32. The molecule has 1 saturated heterocycles. The largest absolute Gasteiger partial charge is 0.352 e. The van der Waals surface area contributed by atoms with Gasteiger partial charge in [0.2, 0.25) is 0 Å². The molecule has 0 aliphatic carbocycles. The summed E-state index contributed by atoms with van der Waals surface area (Å²) in [5.41, 5.74) is 7.16. The molecule has 110 valence electrons. The van der Waals surface area contributed by atoms with Gasteiger partial charge in [-0.1, -0.05) is 12.1 Å². The predicted molar refractivity (Wildman–Crippen MR) is 78.3 cm³/mol. The molecule has 1 aromatic carbocycles. The first-order chi connectivity index (χ1) is 9.50. The van der Waals surface area contributed by atoms with Crippen LogP contribution in [0.2, 0.25) is 0 Å². The molecule has 1 aliphatic rings. The van der Waals surface area contributed by atoms with Gasteiger partial charge in [-0.15, -0.1) is 0 Å². The van der Waals surface area contributed by atoms with Crippen LogP contribution in [0.15, 0.2) is 24.3 Å². The van der Waals surface area contributed by atoms with Crippen LogP contribution in [-0.4, -0.2) is 38.9 Å². The van der Waals surface area contributed by atoms with Crippen LogP contribution in [0.5, 0.6) is 0 Å². The highest BCUT2D eigenvalue weighted by Gasteiger charge is 2.27. The summed E-state index contributed by atoms with van der Waals surface area (Å²) >= 11 is 0. The first-order valence-corrected chi connectivity index (χ1v) is 8.60. The SMILES string of the molecule is NCCc1ccc(C(=O)NCC2CCS(=O)(=O)C2)cc1. The van der Waals surface area contributed by atoms with Gasteiger partial charge < -0.3 is 11.1 Å². The lowest BCUT2D eigenvalue weighted by atomic mass is 10.1. The fourth-order valence-electron chi connectivity index (χ4n) is 2.36. The number of benzene rings is 1. The highest BCUT2D eigenvalue weighted by atomic mass is 32.2. The van der Waals surface area contributed by atoms with E-state index in [1.165, 1.54) is 0 Å². The van der Waals surface area contributed by atoms with E-state index < -0.39 is 9.84 Å². The van der Waals surface area contributed by atoms with Crippen molar-refractivity contribution in [2.24, 2.45) is 11.7 Å². The Labute approximate surface area is 119 Å². The minimum Gasteiger partial charge on any atom is -0.352 e.